The average molecular weight is 381 g/mol. The summed E-state index contributed by atoms with van der Waals surface area (Å²) < 4.78 is 5.36. The van der Waals surface area contributed by atoms with Crippen LogP contribution in [-0.2, 0) is 14.4 Å². The molecule has 2 aromatic carbocycles. The molecule has 3 rings (SSSR count). The predicted molar refractivity (Wildman–Crippen MR) is 112 cm³/mol. The molecule has 1 aliphatic heterocycles. The molecule has 28 heavy (non-hydrogen) atoms. The van der Waals surface area contributed by atoms with Crippen LogP contribution in [0.25, 0.3) is 0 Å². The second-order valence-corrected chi connectivity index (χ2v) is 7.02. The lowest BCUT2D eigenvalue weighted by atomic mass is 10.0. The van der Waals surface area contributed by atoms with Crippen LogP contribution in [-0.4, -0.2) is 45.0 Å². The number of carbonyl (C=O) groups is 1. The number of anilines is 2. The molecule has 1 fully saturated rings. The van der Waals surface area contributed by atoms with Crippen LogP contribution in [0.1, 0.15) is 30.9 Å². The third-order valence-electron chi connectivity index (χ3n) is 4.60. The first-order valence-corrected chi connectivity index (χ1v) is 9.60. The lowest BCUT2D eigenvalue weighted by molar-refractivity contribution is -0.120. The van der Waals surface area contributed by atoms with E-state index < -0.39 is 0 Å². The van der Waals surface area contributed by atoms with Gasteiger partial charge in [-0.25, -0.2) is 0 Å². The highest BCUT2D eigenvalue weighted by molar-refractivity contribution is 5.92. The molecule has 0 unspecified atom stereocenters. The van der Waals surface area contributed by atoms with Crippen molar-refractivity contribution in [2.24, 2.45) is 5.16 Å². The van der Waals surface area contributed by atoms with E-state index in [-0.39, 0.29) is 12.5 Å². The number of nitrogens with zero attached hydrogens (tertiary/aromatic N) is 2. The Labute approximate surface area is 166 Å². The van der Waals surface area contributed by atoms with Crippen LogP contribution >= 0.6 is 0 Å². The first-order valence-electron chi connectivity index (χ1n) is 9.60. The number of rotatable bonds is 7. The summed E-state index contributed by atoms with van der Waals surface area (Å²) in [5.74, 6) is 0.250. The fraction of sp³-hybridized carbons (Fsp3) is 0.364. The molecule has 1 heterocycles. The summed E-state index contributed by atoms with van der Waals surface area (Å²) in [5, 5.41) is 6.68. The third-order valence-corrected chi connectivity index (χ3v) is 4.60. The van der Waals surface area contributed by atoms with Gasteiger partial charge in [-0.05, 0) is 41.3 Å². The molecule has 1 amide bonds. The Morgan fingerprint density at radius 2 is 1.82 bits per heavy atom. The molecule has 0 atom stereocenters. The third kappa shape index (κ3) is 5.82. The molecule has 0 aromatic heterocycles. The van der Waals surface area contributed by atoms with Crippen molar-refractivity contribution >= 4 is 23.5 Å². The molecule has 6 nitrogen and oxygen atoms in total. The van der Waals surface area contributed by atoms with Crippen LogP contribution in [0.2, 0.25) is 0 Å². The second-order valence-electron chi connectivity index (χ2n) is 7.02. The highest BCUT2D eigenvalue weighted by Gasteiger charge is 2.11. The molecule has 0 spiro atoms. The zero-order valence-electron chi connectivity index (χ0n) is 16.4. The number of hydrogen-bond donors (Lipinski definition) is 1. The normalized spacial score (nSPS) is 14.5. The van der Waals surface area contributed by atoms with E-state index in [1.54, 1.807) is 6.21 Å². The fourth-order valence-electron chi connectivity index (χ4n) is 2.94. The Balaban J connectivity index is 1.42. The smallest absolute Gasteiger partial charge is 0.265 e. The summed E-state index contributed by atoms with van der Waals surface area (Å²) in [6, 6.07) is 15.9. The zero-order valence-corrected chi connectivity index (χ0v) is 16.4. The van der Waals surface area contributed by atoms with E-state index in [4.69, 9.17) is 9.57 Å². The van der Waals surface area contributed by atoms with Gasteiger partial charge in [0.2, 0.25) is 0 Å². The summed E-state index contributed by atoms with van der Waals surface area (Å²) in [4.78, 5) is 19.4. The number of ether oxygens (including phenoxy) is 1. The Hall–Kier alpha value is -2.86. The highest BCUT2D eigenvalue weighted by Crippen LogP contribution is 2.19. The lowest BCUT2D eigenvalue weighted by Gasteiger charge is -2.28. The molecule has 2 aromatic rings. The van der Waals surface area contributed by atoms with Gasteiger partial charge in [-0.1, -0.05) is 43.3 Å². The molecule has 6 heteroatoms. The molecule has 1 saturated heterocycles. The van der Waals surface area contributed by atoms with Gasteiger partial charge < -0.3 is 19.8 Å². The van der Waals surface area contributed by atoms with Gasteiger partial charge >= 0.3 is 0 Å². The molecule has 1 N–H and O–H groups in total. The van der Waals surface area contributed by atoms with Crippen LogP contribution in [0, 0.1) is 0 Å². The Bertz CT molecular complexity index is 780. The maximum atomic E-state index is 12.0. The van der Waals surface area contributed by atoms with E-state index in [0.717, 1.165) is 43.2 Å². The highest BCUT2D eigenvalue weighted by atomic mass is 16.6. The van der Waals surface area contributed by atoms with E-state index in [9.17, 15) is 4.79 Å². The largest absolute Gasteiger partial charge is 0.386 e. The van der Waals surface area contributed by atoms with Crippen molar-refractivity contribution < 1.29 is 14.4 Å². The number of oxime groups is 1. The van der Waals surface area contributed by atoms with E-state index in [0.29, 0.717) is 5.92 Å². The van der Waals surface area contributed by atoms with Gasteiger partial charge in [0.05, 0.1) is 19.4 Å². The molecular formula is C22H27N3O3. The van der Waals surface area contributed by atoms with Gasteiger partial charge in [0.1, 0.15) is 0 Å². The van der Waals surface area contributed by atoms with Crippen molar-refractivity contribution in [1.29, 1.82) is 0 Å². The molecule has 0 radical (unpaired) electrons. The maximum Gasteiger partial charge on any atom is 0.265 e. The Morgan fingerprint density at radius 1 is 1.14 bits per heavy atom. The number of nitrogens with one attached hydrogen (secondary N) is 1. The van der Waals surface area contributed by atoms with Crippen molar-refractivity contribution in [1.82, 2.24) is 0 Å². The summed E-state index contributed by atoms with van der Waals surface area (Å²) in [6.45, 7) is 7.44. The van der Waals surface area contributed by atoms with Crippen LogP contribution in [0.4, 0.5) is 11.4 Å². The Kier molecular flexibility index (Phi) is 7.03. The van der Waals surface area contributed by atoms with Gasteiger partial charge in [0, 0.05) is 24.5 Å². The summed E-state index contributed by atoms with van der Waals surface area (Å²) in [7, 11) is 0. The van der Waals surface area contributed by atoms with Crippen LogP contribution in [0.3, 0.4) is 0 Å². The molecule has 1 aliphatic rings. The first-order chi connectivity index (χ1) is 13.6. The van der Waals surface area contributed by atoms with E-state index >= 15 is 0 Å². The van der Waals surface area contributed by atoms with E-state index in [2.05, 4.69) is 41.4 Å². The summed E-state index contributed by atoms with van der Waals surface area (Å²) in [6.07, 6.45) is 1.61. The van der Waals surface area contributed by atoms with Crippen molar-refractivity contribution in [2.45, 2.75) is 19.8 Å². The van der Waals surface area contributed by atoms with Crippen molar-refractivity contribution in [3.05, 3.63) is 59.7 Å². The fourth-order valence-corrected chi connectivity index (χ4v) is 2.94. The van der Waals surface area contributed by atoms with Crippen molar-refractivity contribution in [3.8, 4) is 0 Å². The Morgan fingerprint density at radius 3 is 2.46 bits per heavy atom. The molecule has 148 valence electrons. The first kappa shape index (κ1) is 19.9. The minimum absolute atomic E-state index is 0.133. The molecule has 0 saturated carbocycles. The van der Waals surface area contributed by atoms with Gasteiger partial charge in [-0.15, -0.1) is 0 Å². The van der Waals surface area contributed by atoms with Crippen molar-refractivity contribution in [3.63, 3.8) is 0 Å². The minimum Gasteiger partial charge on any atom is -0.386 e. The van der Waals surface area contributed by atoms with Gasteiger partial charge in [0.25, 0.3) is 5.91 Å². The van der Waals surface area contributed by atoms with Crippen LogP contribution in [0.5, 0.6) is 0 Å². The van der Waals surface area contributed by atoms with Crippen molar-refractivity contribution in [2.75, 3.05) is 43.1 Å². The number of benzene rings is 2. The predicted octanol–water partition coefficient (Wildman–Crippen LogP) is 3.64. The number of hydrogen-bond acceptors (Lipinski definition) is 5. The topological polar surface area (TPSA) is 63.2 Å². The zero-order chi connectivity index (χ0) is 19.8. The number of morpholine rings is 1. The lowest BCUT2D eigenvalue weighted by Crippen LogP contribution is -2.36. The van der Waals surface area contributed by atoms with Gasteiger partial charge in [-0.2, -0.15) is 0 Å². The monoisotopic (exact) mass is 381 g/mol. The van der Waals surface area contributed by atoms with E-state index in [1.165, 1.54) is 5.56 Å². The quantitative estimate of drug-likeness (QED) is 0.588. The number of carbonyl (C=O) groups excluding carboxylic acids is 1. The number of amides is 1. The van der Waals surface area contributed by atoms with Crippen LogP contribution in [0.15, 0.2) is 53.7 Å². The molecular weight excluding hydrogens is 354 g/mol. The van der Waals surface area contributed by atoms with Gasteiger partial charge in [-0.3, -0.25) is 4.79 Å². The van der Waals surface area contributed by atoms with Crippen LogP contribution < -0.4 is 10.2 Å². The van der Waals surface area contributed by atoms with Gasteiger partial charge in [0.15, 0.2) is 6.61 Å². The van der Waals surface area contributed by atoms with E-state index in [1.807, 2.05) is 36.4 Å². The molecule has 0 aliphatic carbocycles. The summed E-state index contributed by atoms with van der Waals surface area (Å²) >= 11 is 0. The minimum atomic E-state index is -0.244. The second kappa shape index (κ2) is 9.90. The average Bonchev–Trinajstić information content (AvgIpc) is 2.73. The maximum absolute atomic E-state index is 12.0. The standard InChI is InChI=1S/C22H27N3O3/c1-17(2)19-5-3-18(4-6-19)15-23-28-16-22(26)24-20-7-9-21(10-8-20)25-11-13-27-14-12-25/h3-10,15,17H,11-14,16H2,1-2H3,(H,24,26)/b23-15+. The SMILES string of the molecule is CC(C)c1ccc(/C=N/OCC(=O)Nc2ccc(N3CCOCC3)cc2)cc1. The summed E-state index contributed by atoms with van der Waals surface area (Å²) in [5.41, 5.74) is 4.07. The molecule has 0 bridgehead atoms.